The van der Waals surface area contributed by atoms with Gasteiger partial charge in [0.05, 0.1) is 0 Å². The Balaban J connectivity index is 2.66. The standard InChI is InChI=1S/C10H20N4S/c1-8(2)14(7-6-13(4)5)10-11-9(3)12-15-10/h8H,6-7H2,1-5H3. The number of anilines is 1. The van der Waals surface area contributed by atoms with Crippen LogP contribution in [-0.4, -0.2) is 47.5 Å². The van der Waals surface area contributed by atoms with Crippen LogP contribution >= 0.6 is 11.5 Å². The summed E-state index contributed by atoms with van der Waals surface area (Å²) in [6.45, 7) is 8.35. The summed E-state index contributed by atoms with van der Waals surface area (Å²) in [5, 5.41) is 1.03. The SMILES string of the molecule is Cc1nsc(N(CCN(C)C)C(C)C)n1. The van der Waals surface area contributed by atoms with Crippen LogP contribution in [0.2, 0.25) is 0 Å². The molecule has 1 rings (SSSR count). The van der Waals surface area contributed by atoms with Gasteiger partial charge in [0.1, 0.15) is 5.82 Å². The minimum atomic E-state index is 0.470. The third-order valence-electron chi connectivity index (χ3n) is 2.17. The predicted molar refractivity (Wildman–Crippen MR) is 65.7 cm³/mol. The molecule has 0 aliphatic heterocycles. The van der Waals surface area contributed by atoms with Crippen LogP contribution in [-0.2, 0) is 0 Å². The summed E-state index contributed by atoms with van der Waals surface area (Å²) in [6, 6.07) is 0.470. The van der Waals surface area contributed by atoms with Crippen molar-refractivity contribution in [2.45, 2.75) is 26.8 Å². The Kier molecular flexibility index (Phi) is 4.47. The highest BCUT2D eigenvalue weighted by Crippen LogP contribution is 2.18. The molecular weight excluding hydrogens is 208 g/mol. The molecule has 0 aliphatic carbocycles. The van der Waals surface area contributed by atoms with E-state index in [2.05, 4.69) is 47.1 Å². The van der Waals surface area contributed by atoms with Gasteiger partial charge in [-0.15, -0.1) is 0 Å². The number of likely N-dealkylation sites (N-methyl/N-ethyl adjacent to an activating group) is 1. The van der Waals surface area contributed by atoms with Gasteiger partial charge >= 0.3 is 0 Å². The van der Waals surface area contributed by atoms with Crippen molar-refractivity contribution >= 4 is 16.7 Å². The van der Waals surface area contributed by atoms with Gasteiger partial charge in [0, 0.05) is 30.7 Å². The molecule has 0 aromatic carbocycles. The van der Waals surface area contributed by atoms with Crippen molar-refractivity contribution in [1.82, 2.24) is 14.3 Å². The summed E-state index contributed by atoms with van der Waals surface area (Å²) in [5.41, 5.74) is 0. The monoisotopic (exact) mass is 228 g/mol. The normalized spacial score (nSPS) is 11.4. The lowest BCUT2D eigenvalue weighted by Crippen LogP contribution is -2.36. The van der Waals surface area contributed by atoms with E-state index in [4.69, 9.17) is 0 Å². The number of nitrogens with zero attached hydrogens (tertiary/aromatic N) is 4. The minimum Gasteiger partial charge on any atom is -0.343 e. The summed E-state index contributed by atoms with van der Waals surface area (Å²) in [5.74, 6) is 0.866. The fourth-order valence-electron chi connectivity index (χ4n) is 1.29. The van der Waals surface area contributed by atoms with Crippen molar-refractivity contribution in [3.05, 3.63) is 5.82 Å². The lowest BCUT2D eigenvalue weighted by atomic mass is 10.3. The third kappa shape index (κ3) is 3.76. The lowest BCUT2D eigenvalue weighted by Gasteiger charge is -2.27. The highest BCUT2D eigenvalue weighted by atomic mass is 32.1. The highest BCUT2D eigenvalue weighted by Gasteiger charge is 2.14. The molecular formula is C10H20N4S. The van der Waals surface area contributed by atoms with E-state index in [1.54, 1.807) is 0 Å². The van der Waals surface area contributed by atoms with Gasteiger partial charge in [0.15, 0.2) is 0 Å². The van der Waals surface area contributed by atoms with Crippen molar-refractivity contribution in [2.75, 3.05) is 32.1 Å². The molecule has 0 bridgehead atoms. The van der Waals surface area contributed by atoms with E-state index in [0.717, 1.165) is 24.0 Å². The Bertz CT molecular complexity index is 295. The third-order valence-corrected chi connectivity index (χ3v) is 3.02. The van der Waals surface area contributed by atoms with Crippen LogP contribution in [0.1, 0.15) is 19.7 Å². The number of hydrogen-bond donors (Lipinski definition) is 0. The van der Waals surface area contributed by atoms with Crippen molar-refractivity contribution in [2.24, 2.45) is 0 Å². The van der Waals surface area contributed by atoms with E-state index in [1.807, 2.05) is 6.92 Å². The second kappa shape index (κ2) is 5.42. The topological polar surface area (TPSA) is 32.3 Å². The summed E-state index contributed by atoms with van der Waals surface area (Å²) in [6.07, 6.45) is 0. The molecule has 1 aromatic heterocycles. The summed E-state index contributed by atoms with van der Waals surface area (Å²) in [4.78, 5) is 8.91. The fraction of sp³-hybridized carbons (Fsp3) is 0.800. The first-order valence-electron chi connectivity index (χ1n) is 5.22. The molecule has 15 heavy (non-hydrogen) atoms. The molecule has 0 saturated carbocycles. The van der Waals surface area contributed by atoms with Crippen LogP contribution in [0.5, 0.6) is 0 Å². The van der Waals surface area contributed by atoms with Crippen molar-refractivity contribution in [3.63, 3.8) is 0 Å². The molecule has 4 nitrogen and oxygen atoms in total. The van der Waals surface area contributed by atoms with E-state index < -0.39 is 0 Å². The zero-order chi connectivity index (χ0) is 11.4. The van der Waals surface area contributed by atoms with Crippen LogP contribution in [0.25, 0.3) is 0 Å². The zero-order valence-electron chi connectivity index (χ0n) is 10.2. The molecule has 0 unspecified atom stereocenters. The molecule has 0 atom stereocenters. The number of aryl methyl sites for hydroxylation is 1. The number of hydrogen-bond acceptors (Lipinski definition) is 5. The molecule has 0 fully saturated rings. The minimum absolute atomic E-state index is 0.470. The summed E-state index contributed by atoms with van der Waals surface area (Å²) < 4.78 is 4.22. The average Bonchev–Trinajstić information content (AvgIpc) is 2.51. The van der Waals surface area contributed by atoms with Crippen molar-refractivity contribution < 1.29 is 0 Å². The van der Waals surface area contributed by atoms with E-state index in [1.165, 1.54) is 11.5 Å². The molecule has 0 radical (unpaired) electrons. The van der Waals surface area contributed by atoms with E-state index >= 15 is 0 Å². The molecule has 0 saturated heterocycles. The summed E-state index contributed by atoms with van der Waals surface area (Å²) in [7, 11) is 4.17. The Morgan fingerprint density at radius 3 is 2.33 bits per heavy atom. The van der Waals surface area contributed by atoms with E-state index in [9.17, 15) is 0 Å². The quantitative estimate of drug-likeness (QED) is 0.766. The summed E-state index contributed by atoms with van der Waals surface area (Å²) >= 11 is 1.48. The fourth-order valence-corrected chi connectivity index (χ4v) is 2.12. The van der Waals surface area contributed by atoms with E-state index in [-0.39, 0.29) is 0 Å². The second-order valence-electron chi connectivity index (χ2n) is 4.21. The lowest BCUT2D eigenvalue weighted by molar-refractivity contribution is 0.408. The molecule has 86 valence electrons. The maximum Gasteiger partial charge on any atom is 0.205 e. The van der Waals surface area contributed by atoms with Crippen molar-refractivity contribution in [1.29, 1.82) is 0 Å². The maximum atomic E-state index is 4.43. The van der Waals surface area contributed by atoms with Gasteiger partial charge in [-0.3, -0.25) is 0 Å². The largest absolute Gasteiger partial charge is 0.343 e. The molecule has 0 amide bonds. The van der Waals surface area contributed by atoms with E-state index in [0.29, 0.717) is 6.04 Å². The van der Waals surface area contributed by atoms with Gasteiger partial charge in [0.2, 0.25) is 5.13 Å². The Morgan fingerprint density at radius 2 is 1.93 bits per heavy atom. The zero-order valence-corrected chi connectivity index (χ0v) is 11.0. The molecule has 1 heterocycles. The van der Waals surface area contributed by atoms with Gasteiger partial charge in [-0.05, 0) is 34.9 Å². The van der Waals surface area contributed by atoms with Crippen LogP contribution in [0.3, 0.4) is 0 Å². The average molecular weight is 228 g/mol. The van der Waals surface area contributed by atoms with Gasteiger partial charge in [-0.25, -0.2) is 4.98 Å². The Hall–Kier alpha value is -0.680. The van der Waals surface area contributed by atoms with Crippen LogP contribution in [0, 0.1) is 6.92 Å². The molecule has 0 N–H and O–H groups in total. The molecule has 0 spiro atoms. The van der Waals surface area contributed by atoms with Gasteiger partial charge in [-0.2, -0.15) is 4.37 Å². The Labute approximate surface area is 96.1 Å². The first-order chi connectivity index (χ1) is 7.00. The first kappa shape index (κ1) is 12.4. The molecule has 0 aliphatic rings. The van der Waals surface area contributed by atoms with Crippen LogP contribution in [0.4, 0.5) is 5.13 Å². The van der Waals surface area contributed by atoms with Crippen molar-refractivity contribution in [3.8, 4) is 0 Å². The smallest absolute Gasteiger partial charge is 0.205 e. The Morgan fingerprint density at radius 1 is 1.27 bits per heavy atom. The number of rotatable bonds is 5. The maximum absolute atomic E-state index is 4.43. The molecule has 5 heteroatoms. The second-order valence-corrected chi connectivity index (χ2v) is 4.94. The van der Waals surface area contributed by atoms with Gasteiger partial charge in [0.25, 0.3) is 0 Å². The van der Waals surface area contributed by atoms with Crippen LogP contribution < -0.4 is 4.90 Å². The van der Waals surface area contributed by atoms with Gasteiger partial charge in [-0.1, -0.05) is 0 Å². The first-order valence-corrected chi connectivity index (χ1v) is 5.99. The highest BCUT2D eigenvalue weighted by molar-refractivity contribution is 7.09. The van der Waals surface area contributed by atoms with Crippen LogP contribution in [0.15, 0.2) is 0 Å². The van der Waals surface area contributed by atoms with Gasteiger partial charge < -0.3 is 9.80 Å². The number of aromatic nitrogens is 2. The predicted octanol–water partition coefficient (Wildman–Crippen LogP) is 1.62. The molecule has 1 aromatic rings.